The summed E-state index contributed by atoms with van der Waals surface area (Å²) in [7, 11) is 0. The Kier molecular flexibility index (Phi) is 6.48. The van der Waals surface area contributed by atoms with Crippen molar-refractivity contribution in [3.05, 3.63) is 80.4 Å². The van der Waals surface area contributed by atoms with E-state index in [1.54, 1.807) is 18.2 Å². The fraction of sp³-hybridized carbons (Fsp3) is 0.105. The first-order valence-corrected chi connectivity index (χ1v) is 9.84. The third-order valence-corrected chi connectivity index (χ3v) is 5.17. The van der Waals surface area contributed by atoms with Crippen molar-refractivity contribution in [3.63, 3.8) is 0 Å². The van der Waals surface area contributed by atoms with Gasteiger partial charge in [0.15, 0.2) is 5.16 Å². The molecule has 1 N–H and O–H groups in total. The van der Waals surface area contributed by atoms with Crippen LogP contribution in [0.2, 0.25) is 5.02 Å². The molecule has 154 valence electrons. The predicted octanol–water partition coefficient (Wildman–Crippen LogP) is 4.01. The second-order valence-corrected chi connectivity index (χ2v) is 7.40. The number of non-ortho nitro benzene ring substituents is 1. The minimum Gasteiger partial charge on any atom is -0.323 e. The Bertz CT molecular complexity index is 1230. The molecular weight excluding hydrogens is 435 g/mol. The fourth-order valence-electron chi connectivity index (χ4n) is 2.61. The number of fused-ring (bicyclic) bond motifs is 1. The van der Waals surface area contributed by atoms with Crippen molar-refractivity contribution in [3.8, 4) is 0 Å². The molecule has 1 heterocycles. The van der Waals surface area contributed by atoms with Crippen LogP contribution in [0.3, 0.4) is 0 Å². The molecule has 1 aromatic heterocycles. The van der Waals surface area contributed by atoms with Gasteiger partial charge in [0.05, 0.1) is 27.3 Å². The summed E-state index contributed by atoms with van der Waals surface area (Å²) in [5, 5.41) is 14.2. The third kappa shape index (κ3) is 4.66. The van der Waals surface area contributed by atoms with Crippen molar-refractivity contribution >= 4 is 51.5 Å². The molecule has 0 saturated carbocycles. The maximum absolute atomic E-state index is 13.9. The van der Waals surface area contributed by atoms with E-state index in [0.717, 1.165) is 30.0 Å². The summed E-state index contributed by atoms with van der Waals surface area (Å²) in [6.07, 6.45) is 1.52. The van der Waals surface area contributed by atoms with Gasteiger partial charge in [-0.3, -0.25) is 24.3 Å². The van der Waals surface area contributed by atoms with Gasteiger partial charge < -0.3 is 5.32 Å². The van der Waals surface area contributed by atoms with Gasteiger partial charge in [0.1, 0.15) is 5.82 Å². The molecule has 0 atom stereocenters. The number of anilines is 1. The van der Waals surface area contributed by atoms with E-state index in [1.165, 1.54) is 10.6 Å². The Morgan fingerprint density at radius 2 is 2.13 bits per heavy atom. The molecule has 0 spiro atoms. The number of thioether (sulfide) groups is 1. The average molecular weight is 449 g/mol. The first-order valence-electron chi connectivity index (χ1n) is 8.47. The fourth-order valence-corrected chi connectivity index (χ4v) is 3.59. The van der Waals surface area contributed by atoms with Crippen molar-refractivity contribution in [2.45, 2.75) is 11.7 Å². The quantitative estimate of drug-likeness (QED) is 0.192. The smallest absolute Gasteiger partial charge is 0.271 e. The van der Waals surface area contributed by atoms with Gasteiger partial charge >= 0.3 is 0 Å². The molecule has 8 nitrogen and oxygen atoms in total. The summed E-state index contributed by atoms with van der Waals surface area (Å²) in [6.45, 7) is 3.80. The van der Waals surface area contributed by atoms with Gasteiger partial charge in [-0.25, -0.2) is 9.37 Å². The molecule has 0 aliphatic carbocycles. The van der Waals surface area contributed by atoms with Crippen LogP contribution >= 0.6 is 23.4 Å². The van der Waals surface area contributed by atoms with Gasteiger partial charge in [0.2, 0.25) is 5.91 Å². The maximum atomic E-state index is 13.9. The number of carbonyl (C=O) groups excluding carboxylic acids is 1. The van der Waals surface area contributed by atoms with Gasteiger partial charge in [0, 0.05) is 23.7 Å². The zero-order valence-corrected chi connectivity index (χ0v) is 16.9. The SMILES string of the molecule is C=CCn1c(SCC(=O)Nc2cc([N+](=O)[O-])ccc2F)nc2cc(Cl)ccc2c1=O. The summed E-state index contributed by atoms with van der Waals surface area (Å²) >= 11 is 6.93. The summed E-state index contributed by atoms with van der Waals surface area (Å²) < 4.78 is 15.2. The summed E-state index contributed by atoms with van der Waals surface area (Å²) in [5.41, 5.74) is -0.603. The zero-order chi connectivity index (χ0) is 21.8. The highest BCUT2D eigenvalue weighted by atomic mass is 35.5. The van der Waals surface area contributed by atoms with E-state index in [4.69, 9.17) is 11.6 Å². The molecule has 3 aromatic rings. The first kappa shape index (κ1) is 21.5. The molecule has 11 heteroatoms. The van der Waals surface area contributed by atoms with Crippen molar-refractivity contribution in [2.75, 3.05) is 11.1 Å². The monoisotopic (exact) mass is 448 g/mol. The molecule has 0 unspecified atom stereocenters. The highest BCUT2D eigenvalue weighted by molar-refractivity contribution is 7.99. The molecule has 0 aliphatic rings. The number of nitrogens with zero attached hydrogens (tertiary/aromatic N) is 3. The normalized spacial score (nSPS) is 10.7. The summed E-state index contributed by atoms with van der Waals surface area (Å²) in [6, 6.07) is 7.52. The molecular formula is C19H14ClFN4O4S. The number of nitro groups is 1. The molecule has 0 aliphatic heterocycles. The van der Waals surface area contributed by atoms with Crippen molar-refractivity contribution in [1.29, 1.82) is 0 Å². The zero-order valence-electron chi connectivity index (χ0n) is 15.3. The third-order valence-electron chi connectivity index (χ3n) is 3.96. The number of hydrogen-bond donors (Lipinski definition) is 1. The lowest BCUT2D eigenvalue weighted by atomic mass is 10.2. The van der Waals surface area contributed by atoms with Crippen LogP contribution in [0, 0.1) is 15.9 Å². The second kappa shape index (κ2) is 9.06. The van der Waals surface area contributed by atoms with E-state index in [0.29, 0.717) is 15.9 Å². The van der Waals surface area contributed by atoms with Crippen molar-refractivity contribution in [1.82, 2.24) is 9.55 Å². The molecule has 1 amide bonds. The Morgan fingerprint density at radius 3 is 2.83 bits per heavy atom. The number of nitro benzene ring substituents is 1. The lowest BCUT2D eigenvalue weighted by Gasteiger charge is -2.12. The summed E-state index contributed by atoms with van der Waals surface area (Å²) in [5.74, 6) is -1.64. The van der Waals surface area contributed by atoms with Crippen LogP contribution < -0.4 is 10.9 Å². The van der Waals surface area contributed by atoms with E-state index in [2.05, 4.69) is 16.9 Å². The van der Waals surface area contributed by atoms with Crippen molar-refractivity contribution in [2.24, 2.45) is 0 Å². The molecule has 3 rings (SSSR count). The number of aromatic nitrogens is 2. The molecule has 0 bridgehead atoms. The number of benzene rings is 2. The van der Waals surface area contributed by atoms with Crippen LogP contribution in [0.5, 0.6) is 0 Å². The van der Waals surface area contributed by atoms with Crippen LogP contribution in [-0.2, 0) is 11.3 Å². The molecule has 30 heavy (non-hydrogen) atoms. The standard InChI is InChI=1S/C19H14ClFN4O4S/c1-2-7-24-18(27)13-5-3-11(20)8-15(13)23-19(24)30-10-17(26)22-16-9-12(25(28)29)4-6-14(16)21/h2-6,8-9H,1,7,10H2,(H,22,26). The van der Waals surface area contributed by atoms with E-state index in [1.807, 2.05) is 0 Å². The Hall–Kier alpha value is -3.24. The van der Waals surface area contributed by atoms with Crippen LogP contribution in [0.15, 0.2) is 59.0 Å². The van der Waals surface area contributed by atoms with Crippen LogP contribution in [0.1, 0.15) is 0 Å². The average Bonchev–Trinajstić information content (AvgIpc) is 2.70. The lowest BCUT2D eigenvalue weighted by molar-refractivity contribution is -0.384. The Labute approximate surface area is 178 Å². The Balaban J connectivity index is 1.84. The van der Waals surface area contributed by atoms with Gasteiger partial charge in [-0.2, -0.15) is 0 Å². The predicted molar refractivity (Wildman–Crippen MR) is 114 cm³/mol. The number of allylic oxidation sites excluding steroid dienone is 1. The molecule has 0 saturated heterocycles. The van der Waals surface area contributed by atoms with Crippen LogP contribution in [-0.4, -0.2) is 26.1 Å². The van der Waals surface area contributed by atoms with Gasteiger partial charge in [-0.05, 0) is 24.3 Å². The maximum Gasteiger partial charge on any atom is 0.271 e. The lowest BCUT2D eigenvalue weighted by Crippen LogP contribution is -2.24. The number of rotatable bonds is 7. The highest BCUT2D eigenvalue weighted by Crippen LogP contribution is 2.23. The summed E-state index contributed by atoms with van der Waals surface area (Å²) in [4.78, 5) is 39.5. The first-order chi connectivity index (χ1) is 14.3. The highest BCUT2D eigenvalue weighted by Gasteiger charge is 2.16. The van der Waals surface area contributed by atoms with Crippen molar-refractivity contribution < 1.29 is 14.1 Å². The van der Waals surface area contributed by atoms with Gasteiger partial charge in [0.25, 0.3) is 11.2 Å². The largest absolute Gasteiger partial charge is 0.323 e. The number of amides is 1. The van der Waals surface area contributed by atoms with E-state index in [-0.39, 0.29) is 34.4 Å². The number of halogens is 2. The van der Waals surface area contributed by atoms with Crippen LogP contribution in [0.25, 0.3) is 10.9 Å². The minimum absolute atomic E-state index is 0.174. The van der Waals surface area contributed by atoms with E-state index in [9.17, 15) is 24.1 Å². The Morgan fingerprint density at radius 1 is 1.37 bits per heavy atom. The second-order valence-electron chi connectivity index (χ2n) is 6.02. The van der Waals surface area contributed by atoms with Gasteiger partial charge in [-0.15, -0.1) is 6.58 Å². The molecule has 2 aromatic carbocycles. The van der Waals surface area contributed by atoms with E-state index >= 15 is 0 Å². The number of hydrogen-bond acceptors (Lipinski definition) is 6. The minimum atomic E-state index is -0.805. The topological polar surface area (TPSA) is 107 Å². The molecule has 0 fully saturated rings. The number of nitrogens with one attached hydrogen (secondary N) is 1. The van der Waals surface area contributed by atoms with E-state index < -0.39 is 16.6 Å². The van der Waals surface area contributed by atoms with Crippen LogP contribution in [0.4, 0.5) is 15.8 Å². The van der Waals surface area contributed by atoms with Gasteiger partial charge in [-0.1, -0.05) is 29.4 Å². The number of carbonyl (C=O) groups is 1. The molecule has 0 radical (unpaired) electrons.